The van der Waals surface area contributed by atoms with Gasteiger partial charge in [-0.2, -0.15) is 0 Å². The molecule has 0 aromatic carbocycles. The van der Waals surface area contributed by atoms with Crippen molar-refractivity contribution in [2.24, 2.45) is 4.99 Å². The number of hydrogen-bond donors (Lipinski definition) is 0. The lowest BCUT2D eigenvalue weighted by atomic mass is 10.7. The first-order chi connectivity index (χ1) is 6.09. The zero-order chi connectivity index (χ0) is 9.84. The number of aromatic nitrogens is 2. The molecule has 0 saturated carbocycles. The molecule has 0 spiro atoms. The van der Waals surface area contributed by atoms with Crippen molar-refractivity contribution in [1.82, 2.24) is 14.9 Å². The highest BCUT2D eigenvalue weighted by Crippen LogP contribution is 2.19. The van der Waals surface area contributed by atoms with Crippen molar-refractivity contribution < 1.29 is 0 Å². The fraction of sp³-hybridized carbons (Fsp3) is 0.286. The lowest BCUT2D eigenvalue weighted by Gasteiger charge is -2.01. The van der Waals surface area contributed by atoms with Crippen LogP contribution in [0.25, 0.3) is 0 Å². The maximum atomic E-state index is 5.72. The molecule has 70 valence electrons. The van der Waals surface area contributed by atoms with Gasteiger partial charge in [-0.05, 0) is 15.9 Å². The lowest BCUT2D eigenvalue weighted by Crippen LogP contribution is -2.07. The van der Waals surface area contributed by atoms with Gasteiger partial charge in [0.2, 0.25) is 0 Å². The Hall–Kier alpha value is -0.680. The summed E-state index contributed by atoms with van der Waals surface area (Å²) < 4.78 is 0.526. The lowest BCUT2D eigenvalue weighted by molar-refractivity contribution is 0.643. The predicted molar refractivity (Wildman–Crippen MR) is 56.6 cm³/mol. The molecule has 0 amide bonds. The van der Waals surface area contributed by atoms with Gasteiger partial charge in [-0.25, -0.2) is 15.0 Å². The molecule has 1 aromatic heterocycles. The number of hydrogen-bond acceptors (Lipinski definition) is 3. The first-order valence-corrected chi connectivity index (χ1v) is 4.65. The molecule has 0 fully saturated rings. The summed E-state index contributed by atoms with van der Waals surface area (Å²) in [7, 11) is 3.74. The van der Waals surface area contributed by atoms with Gasteiger partial charge in [0.05, 0.1) is 12.5 Å². The zero-order valence-corrected chi connectivity index (χ0v) is 9.54. The fourth-order valence-corrected chi connectivity index (χ4v) is 0.906. The summed E-state index contributed by atoms with van der Waals surface area (Å²) in [6.07, 6.45) is 3.17. The first kappa shape index (κ1) is 10.4. The highest BCUT2D eigenvalue weighted by atomic mass is 79.9. The summed E-state index contributed by atoms with van der Waals surface area (Å²) in [6, 6.07) is 0. The summed E-state index contributed by atoms with van der Waals surface area (Å²) in [6.45, 7) is 0. The standard InChI is InChI=1S/C7H8BrClN4/c1-13(2)4-11-5-3-10-6(8)7(9)12-5/h3-4H,1-2H3/b11-4+. The average Bonchev–Trinajstić information content (AvgIpc) is 2.07. The monoisotopic (exact) mass is 262 g/mol. The van der Waals surface area contributed by atoms with Crippen LogP contribution < -0.4 is 0 Å². The Balaban J connectivity index is 2.85. The summed E-state index contributed by atoms with van der Waals surface area (Å²) in [5, 5.41) is 0.313. The third-order valence-electron chi connectivity index (χ3n) is 1.10. The molecule has 0 aliphatic heterocycles. The topological polar surface area (TPSA) is 41.4 Å². The predicted octanol–water partition coefficient (Wildman–Crippen LogP) is 2.11. The molecule has 1 heterocycles. The number of halogens is 2. The molecule has 1 rings (SSSR count). The van der Waals surface area contributed by atoms with Crippen LogP contribution in [0.2, 0.25) is 5.15 Å². The molecule has 0 aliphatic carbocycles. The minimum atomic E-state index is 0.313. The molecule has 0 radical (unpaired) electrons. The van der Waals surface area contributed by atoms with Crippen LogP contribution in [0.1, 0.15) is 0 Å². The summed E-state index contributed by atoms with van der Waals surface area (Å²) in [5.74, 6) is 0.488. The molecule has 13 heavy (non-hydrogen) atoms. The van der Waals surface area contributed by atoms with E-state index in [9.17, 15) is 0 Å². The van der Waals surface area contributed by atoms with Gasteiger partial charge < -0.3 is 4.90 Å². The van der Waals surface area contributed by atoms with Crippen molar-refractivity contribution in [2.45, 2.75) is 0 Å². The van der Waals surface area contributed by atoms with E-state index in [4.69, 9.17) is 11.6 Å². The Morgan fingerprint density at radius 2 is 2.31 bits per heavy atom. The summed E-state index contributed by atoms with van der Waals surface area (Å²) in [5.41, 5.74) is 0. The number of nitrogens with zero attached hydrogens (tertiary/aromatic N) is 4. The molecular weight excluding hydrogens is 255 g/mol. The minimum Gasteiger partial charge on any atom is -0.369 e. The van der Waals surface area contributed by atoms with Crippen molar-refractivity contribution in [3.05, 3.63) is 16.0 Å². The maximum absolute atomic E-state index is 5.72. The van der Waals surface area contributed by atoms with Gasteiger partial charge >= 0.3 is 0 Å². The Kier molecular flexibility index (Phi) is 3.62. The second-order valence-corrected chi connectivity index (χ2v) is 3.63. The van der Waals surface area contributed by atoms with Crippen LogP contribution in [0.3, 0.4) is 0 Å². The normalized spacial score (nSPS) is 10.8. The van der Waals surface area contributed by atoms with Crippen LogP contribution in [0.4, 0.5) is 5.82 Å². The number of rotatable bonds is 2. The van der Waals surface area contributed by atoms with E-state index in [2.05, 4.69) is 30.9 Å². The smallest absolute Gasteiger partial charge is 0.173 e. The third-order valence-corrected chi connectivity index (χ3v) is 2.17. The molecule has 0 atom stereocenters. The van der Waals surface area contributed by atoms with Gasteiger partial charge in [0.25, 0.3) is 0 Å². The van der Waals surface area contributed by atoms with Crippen molar-refractivity contribution in [3.8, 4) is 0 Å². The van der Waals surface area contributed by atoms with Gasteiger partial charge in [-0.15, -0.1) is 0 Å². The molecule has 0 saturated heterocycles. The van der Waals surface area contributed by atoms with E-state index >= 15 is 0 Å². The summed E-state index contributed by atoms with van der Waals surface area (Å²) in [4.78, 5) is 13.8. The van der Waals surface area contributed by atoms with Crippen molar-refractivity contribution >= 4 is 39.7 Å². The van der Waals surface area contributed by atoms with Gasteiger partial charge in [0.1, 0.15) is 4.60 Å². The van der Waals surface area contributed by atoms with E-state index in [-0.39, 0.29) is 0 Å². The molecule has 0 N–H and O–H groups in total. The maximum Gasteiger partial charge on any atom is 0.173 e. The van der Waals surface area contributed by atoms with Crippen LogP contribution in [-0.4, -0.2) is 35.3 Å². The average molecular weight is 264 g/mol. The summed E-state index contributed by atoms with van der Waals surface area (Å²) >= 11 is 8.86. The number of aliphatic imine (C=N–C) groups is 1. The minimum absolute atomic E-state index is 0.313. The second kappa shape index (κ2) is 4.53. The third kappa shape index (κ3) is 3.28. The van der Waals surface area contributed by atoms with E-state index in [1.807, 2.05) is 14.1 Å². The van der Waals surface area contributed by atoms with Gasteiger partial charge in [-0.3, -0.25) is 0 Å². The van der Waals surface area contributed by atoms with E-state index in [0.717, 1.165) is 0 Å². The van der Waals surface area contributed by atoms with Crippen LogP contribution >= 0.6 is 27.5 Å². The Morgan fingerprint density at radius 3 is 2.85 bits per heavy atom. The van der Waals surface area contributed by atoms with E-state index < -0.39 is 0 Å². The fourth-order valence-electron chi connectivity index (χ4n) is 0.580. The molecule has 1 aromatic rings. The van der Waals surface area contributed by atoms with Crippen LogP contribution in [0.5, 0.6) is 0 Å². The van der Waals surface area contributed by atoms with Gasteiger partial charge in [-0.1, -0.05) is 11.6 Å². The molecule has 0 aliphatic rings. The zero-order valence-electron chi connectivity index (χ0n) is 7.20. The van der Waals surface area contributed by atoms with E-state index in [1.165, 1.54) is 6.20 Å². The van der Waals surface area contributed by atoms with Crippen LogP contribution in [0.15, 0.2) is 15.8 Å². The Morgan fingerprint density at radius 1 is 1.62 bits per heavy atom. The molecular formula is C7H8BrClN4. The second-order valence-electron chi connectivity index (χ2n) is 2.52. The van der Waals surface area contributed by atoms with Crippen LogP contribution in [0, 0.1) is 0 Å². The van der Waals surface area contributed by atoms with Crippen LogP contribution in [-0.2, 0) is 0 Å². The quantitative estimate of drug-likeness (QED) is 0.606. The van der Waals surface area contributed by atoms with E-state index in [1.54, 1.807) is 11.2 Å². The molecule has 0 bridgehead atoms. The highest BCUT2D eigenvalue weighted by molar-refractivity contribution is 9.10. The van der Waals surface area contributed by atoms with Gasteiger partial charge in [0, 0.05) is 14.1 Å². The van der Waals surface area contributed by atoms with E-state index in [0.29, 0.717) is 15.6 Å². The molecule has 4 nitrogen and oxygen atoms in total. The largest absolute Gasteiger partial charge is 0.369 e. The Labute approximate surface area is 89.8 Å². The molecule has 6 heteroatoms. The Bertz CT molecular complexity index is 326. The van der Waals surface area contributed by atoms with Crippen molar-refractivity contribution in [1.29, 1.82) is 0 Å². The van der Waals surface area contributed by atoms with Crippen molar-refractivity contribution in [2.75, 3.05) is 14.1 Å². The first-order valence-electron chi connectivity index (χ1n) is 3.48. The molecule has 0 unspecified atom stereocenters. The van der Waals surface area contributed by atoms with Crippen molar-refractivity contribution in [3.63, 3.8) is 0 Å². The highest BCUT2D eigenvalue weighted by Gasteiger charge is 1.99. The SMILES string of the molecule is CN(C)/C=N/c1cnc(Br)c(Cl)n1. The van der Waals surface area contributed by atoms with Gasteiger partial charge in [0.15, 0.2) is 11.0 Å².